The molecule has 0 spiro atoms. The van der Waals surface area contributed by atoms with E-state index in [2.05, 4.69) is 10.0 Å². The van der Waals surface area contributed by atoms with Crippen LogP contribution in [0.4, 0.5) is 0 Å². The van der Waals surface area contributed by atoms with Gasteiger partial charge in [0.2, 0.25) is 15.9 Å². The molecule has 1 aromatic carbocycles. The standard InChI is InChI=1S/C12H14N2O6S/c1-6-2-9(15)8(12(17)18)4-10(6)21(19,20)14-7-3-11(16)13-5-7/h2,4,7,14-15H,3,5H2,1H3,(H,13,16)(H,17,18). The zero-order valence-electron chi connectivity index (χ0n) is 11.1. The minimum Gasteiger partial charge on any atom is -0.507 e. The Balaban J connectivity index is 2.37. The maximum atomic E-state index is 12.3. The average Bonchev–Trinajstić information content (AvgIpc) is 2.72. The van der Waals surface area contributed by atoms with Gasteiger partial charge in [0, 0.05) is 19.0 Å². The van der Waals surface area contributed by atoms with Crippen molar-refractivity contribution in [1.29, 1.82) is 0 Å². The van der Waals surface area contributed by atoms with Crippen LogP contribution >= 0.6 is 0 Å². The molecule has 2 rings (SSSR count). The average molecular weight is 314 g/mol. The maximum Gasteiger partial charge on any atom is 0.339 e. The molecule has 8 nitrogen and oxygen atoms in total. The molecule has 0 aliphatic carbocycles. The Morgan fingerprint density at radius 3 is 2.62 bits per heavy atom. The quantitative estimate of drug-likeness (QED) is 0.596. The third kappa shape index (κ3) is 3.14. The number of sulfonamides is 1. The highest BCUT2D eigenvalue weighted by atomic mass is 32.2. The van der Waals surface area contributed by atoms with Crippen LogP contribution in [0.3, 0.4) is 0 Å². The van der Waals surface area contributed by atoms with Crippen molar-refractivity contribution in [3.8, 4) is 5.75 Å². The van der Waals surface area contributed by atoms with Gasteiger partial charge >= 0.3 is 5.97 Å². The zero-order chi connectivity index (χ0) is 15.8. The fourth-order valence-corrected chi connectivity index (χ4v) is 3.59. The molecule has 1 amide bonds. The molecule has 1 fully saturated rings. The van der Waals surface area contributed by atoms with E-state index in [1.54, 1.807) is 0 Å². The van der Waals surface area contributed by atoms with Crippen LogP contribution in [0.2, 0.25) is 0 Å². The molecule has 1 aromatic rings. The minimum absolute atomic E-state index is 0.0299. The third-order valence-electron chi connectivity index (χ3n) is 3.11. The molecule has 1 unspecified atom stereocenters. The number of amides is 1. The molecule has 1 saturated heterocycles. The van der Waals surface area contributed by atoms with Gasteiger partial charge in [0.15, 0.2) is 0 Å². The molecule has 1 aliphatic rings. The van der Waals surface area contributed by atoms with Gasteiger partial charge in [-0.3, -0.25) is 4.79 Å². The summed E-state index contributed by atoms with van der Waals surface area (Å²) in [5.41, 5.74) is -0.288. The molecule has 114 valence electrons. The summed E-state index contributed by atoms with van der Waals surface area (Å²) in [7, 11) is -3.99. The summed E-state index contributed by atoms with van der Waals surface area (Å²) in [5, 5.41) is 21.0. The number of phenols is 1. The maximum absolute atomic E-state index is 12.3. The van der Waals surface area contributed by atoms with E-state index in [1.165, 1.54) is 6.92 Å². The summed E-state index contributed by atoms with van der Waals surface area (Å²) >= 11 is 0. The van der Waals surface area contributed by atoms with Crippen LogP contribution in [-0.4, -0.2) is 43.1 Å². The van der Waals surface area contributed by atoms with E-state index in [0.29, 0.717) is 0 Å². The van der Waals surface area contributed by atoms with Crippen molar-refractivity contribution in [1.82, 2.24) is 10.0 Å². The molecule has 21 heavy (non-hydrogen) atoms. The number of benzene rings is 1. The van der Waals surface area contributed by atoms with Crippen molar-refractivity contribution in [2.24, 2.45) is 0 Å². The summed E-state index contributed by atoms with van der Waals surface area (Å²) in [4.78, 5) is 21.8. The van der Waals surface area contributed by atoms with E-state index < -0.39 is 33.3 Å². The first-order valence-electron chi connectivity index (χ1n) is 6.06. The molecule has 0 bridgehead atoms. The first-order valence-corrected chi connectivity index (χ1v) is 7.55. The zero-order valence-corrected chi connectivity index (χ0v) is 11.9. The van der Waals surface area contributed by atoms with Gasteiger partial charge in [0.25, 0.3) is 0 Å². The number of carboxylic acids is 1. The smallest absolute Gasteiger partial charge is 0.339 e. The predicted octanol–water partition coefficient (Wildman–Crippen LogP) is -0.434. The monoisotopic (exact) mass is 314 g/mol. The molecule has 0 saturated carbocycles. The van der Waals surface area contributed by atoms with Crippen LogP contribution in [-0.2, 0) is 14.8 Å². The van der Waals surface area contributed by atoms with Crippen LogP contribution in [0, 0.1) is 6.92 Å². The van der Waals surface area contributed by atoms with Crippen LogP contribution in [0.15, 0.2) is 17.0 Å². The summed E-state index contributed by atoms with van der Waals surface area (Å²) in [6.07, 6.45) is 0.0299. The second-order valence-corrected chi connectivity index (χ2v) is 6.45. The Morgan fingerprint density at radius 2 is 2.10 bits per heavy atom. The van der Waals surface area contributed by atoms with Crippen molar-refractivity contribution < 1.29 is 28.2 Å². The van der Waals surface area contributed by atoms with Gasteiger partial charge in [-0.1, -0.05) is 0 Å². The largest absolute Gasteiger partial charge is 0.507 e. The highest BCUT2D eigenvalue weighted by Crippen LogP contribution is 2.25. The van der Waals surface area contributed by atoms with Gasteiger partial charge in [-0.15, -0.1) is 0 Å². The Bertz CT molecular complexity index is 713. The van der Waals surface area contributed by atoms with Crippen molar-refractivity contribution in [2.75, 3.05) is 6.54 Å². The number of hydrogen-bond acceptors (Lipinski definition) is 5. The highest BCUT2D eigenvalue weighted by Gasteiger charge is 2.28. The first-order chi connectivity index (χ1) is 9.70. The molecule has 1 heterocycles. The van der Waals surface area contributed by atoms with E-state index in [9.17, 15) is 23.1 Å². The minimum atomic E-state index is -3.99. The fourth-order valence-electron chi connectivity index (χ4n) is 2.11. The lowest BCUT2D eigenvalue weighted by atomic mass is 10.1. The lowest BCUT2D eigenvalue weighted by Gasteiger charge is -2.14. The number of hydrogen-bond donors (Lipinski definition) is 4. The third-order valence-corrected chi connectivity index (χ3v) is 4.77. The topological polar surface area (TPSA) is 133 Å². The number of carbonyl (C=O) groups is 2. The first kappa shape index (κ1) is 15.3. The second kappa shape index (κ2) is 5.34. The summed E-state index contributed by atoms with van der Waals surface area (Å²) in [6.45, 7) is 1.62. The van der Waals surface area contributed by atoms with Gasteiger partial charge in [0.1, 0.15) is 11.3 Å². The molecular formula is C12H14N2O6S. The number of carboxylic acid groups (broad SMARTS) is 1. The lowest BCUT2D eigenvalue weighted by molar-refractivity contribution is -0.119. The molecule has 1 aliphatic heterocycles. The van der Waals surface area contributed by atoms with E-state index in [0.717, 1.165) is 12.1 Å². The normalized spacial score (nSPS) is 18.5. The lowest BCUT2D eigenvalue weighted by Crippen LogP contribution is -2.36. The van der Waals surface area contributed by atoms with Crippen molar-refractivity contribution in [3.05, 3.63) is 23.3 Å². The number of rotatable bonds is 4. The van der Waals surface area contributed by atoms with Gasteiger partial charge in [-0.25, -0.2) is 17.9 Å². The number of nitrogens with one attached hydrogen (secondary N) is 2. The summed E-state index contributed by atoms with van der Waals surface area (Å²) in [6, 6.07) is 1.40. The van der Waals surface area contributed by atoms with Crippen LogP contribution in [0.1, 0.15) is 22.3 Å². The van der Waals surface area contributed by atoms with Crippen molar-refractivity contribution >= 4 is 21.9 Å². The van der Waals surface area contributed by atoms with Crippen LogP contribution in [0.5, 0.6) is 5.75 Å². The molecule has 9 heteroatoms. The number of aromatic carboxylic acids is 1. The van der Waals surface area contributed by atoms with Crippen molar-refractivity contribution in [2.45, 2.75) is 24.3 Å². The van der Waals surface area contributed by atoms with E-state index in [-0.39, 0.29) is 29.3 Å². The second-order valence-electron chi connectivity index (χ2n) is 4.77. The molecule has 0 aromatic heterocycles. The van der Waals surface area contributed by atoms with Gasteiger partial charge in [0.05, 0.1) is 4.90 Å². The SMILES string of the molecule is Cc1cc(O)c(C(=O)O)cc1S(=O)(=O)NC1CNC(=O)C1. The summed E-state index contributed by atoms with van der Waals surface area (Å²) in [5.74, 6) is -2.19. The Hall–Kier alpha value is -2.13. The Kier molecular flexibility index (Phi) is 3.88. The summed E-state index contributed by atoms with van der Waals surface area (Å²) < 4.78 is 26.9. The number of aromatic hydroxyl groups is 1. The molecule has 0 radical (unpaired) electrons. The predicted molar refractivity (Wildman–Crippen MR) is 71.5 cm³/mol. The van der Waals surface area contributed by atoms with Crippen LogP contribution in [0.25, 0.3) is 0 Å². The number of aryl methyl sites for hydroxylation is 1. The molecule has 4 N–H and O–H groups in total. The Labute approximate surface area is 120 Å². The van der Waals surface area contributed by atoms with Gasteiger partial charge < -0.3 is 15.5 Å². The highest BCUT2D eigenvalue weighted by molar-refractivity contribution is 7.89. The van der Waals surface area contributed by atoms with Gasteiger partial charge in [-0.2, -0.15) is 0 Å². The van der Waals surface area contributed by atoms with E-state index >= 15 is 0 Å². The van der Waals surface area contributed by atoms with E-state index in [1.807, 2.05) is 0 Å². The van der Waals surface area contributed by atoms with Crippen LogP contribution < -0.4 is 10.0 Å². The molecular weight excluding hydrogens is 300 g/mol. The van der Waals surface area contributed by atoms with Crippen molar-refractivity contribution in [3.63, 3.8) is 0 Å². The fraction of sp³-hybridized carbons (Fsp3) is 0.333. The Morgan fingerprint density at radius 1 is 1.43 bits per heavy atom. The number of carbonyl (C=O) groups excluding carboxylic acids is 1. The molecule has 1 atom stereocenters. The van der Waals surface area contributed by atoms with E-state index in [4.69, 9.17) is 5.11 Å². The van der Waals surface area contributed by atoms with Gasteiger partial charge in [-0.05, 0) is 24.6 Å².